The van der Waals surface area contributed by atoms with Gasteiger partial charge in [-0.3, -0.25) is 4.79 Å². The molecular weight excluding hydrogens is 356 g/mol. The van der Waals surface area contributed by atoms with Crippen LogP contribution in [0.5, 0.6) is 0 Å². The lowest BCUT2D eigenvalue weighted by Gasteiger charge is -2.29. The Hall–Kier alpha value is -2.47. The third-order valence-corrected chi connectivity index (χ3v) is 5.76. The molecule has 3 rings (SSSR count). The van der Waals surface area contributed by atoms with Crippen LogP contribution in [0, 0.1) is 0 Å². The summed E-state index contributed by atoms with van der Waals surface area (Å²) < 4.78 is 1.81. The molecule has 0 saturated carbocycles. The first-order valence-electron chi connectivity index (χ1n) is 9.43. The number of carbonyl (C=O) groups is 1. The Labute approximate surface area is 164 Å². The Morgan fingerprint density at radius 3 is 2.74 bits per heavy atom. The predicted molar refractivity (Wildman–Crippen MR) is 110 cm³/mol. The monoisotopic (exact) mass is 382 g/mol. The quantitative estimate of drug-likeness (QED) is 0.591. The van der Waals surface area contributed by atoms with Gasteiger partial charge in [-0.1, -0.05) is 44.9 Å². The normalized spacial score (nSPS) is 13.3. The molecule has 27 heavy (non-hydrogen) atoms. The molecule has 1 unspecified atom stereocenters. The zero-order chi connectivity index (χ0) is 19.3. The molecule has 0 aliphatic heterocycles. The number of hydrogen-bond donors (Lipinski definition) is 1. The van der Waals surface area contributed by atoms with Gasteiger partial charge in [0.25, 0.3) is 5.91 Å². The standard InChI is InChI=1S/C21H26N4OS/c1-4-6-12-21(3,5-2)24-19(26)18-15-27-20(23-18)16-13-22-25(14-16)17-10-8-7-9-11-17/h7-11,13-15H,4-6,12H2,1-3H3,(H,24,26). The Bertz CT molecular complexity index is 886. The highest BCUT2D eigenvalue weighted by Gasteiger charge is 2.25. The summed E-state index contributed by atoms with van der Waals surface area (Å²) >= 11 is 1.47. The van der Waals surface area contributed by atoms with Crippen LogP contribution in [0.1, 0.15) is 56.9 Å². The minimum Gasteiger partial charge on any atom is -0.346 e. The van der Waals surface area contributed by atoms with Crippen LogP contribution >= 0.6 is 11.3 Å². The van der Waals surface area contributed by atoms with E-state index < -0.39 is 0 Å². The first-order chi connectivity index (χ1) is 13.0. The van der Waals surface area contributed by atoms with Crippen LogP contribution in [0.2, 0.25) is 0 Å². The average molecular weight is 383 g/mol. The third-order valence-electron chi connectivity index (χ3n) is 4.86. The second-order valence-corrected chi connectivity index (χ2v) is 7.88. The second kappa shape index (κ2) is 8.48. The molecule has 2 aromatic heterocycles. The molecule has 5 nitrogen and oxygen atoms in total. The lowest BCUT2D eigenvalue weighted by atomic mass is 9.92. The number of hydrogen-bond acceptors (Lipinski definition) is 4. The van der Waals surface area contributed by atoms with Gasteiger partial charge in [0.2, 0.25) is 0 Å². The van der Waals surface area contributed by atoms with Crippen molar-refractivity contribution in [1.82, 2.24) is 20.1 Å². The summed E-state index contributed by atoms with van der Waals surface area (Å²) in [5.74, 6) is -0.103. The highest BCUT2D eigenvalue weighted by molar-refractivity contribution is 7.13. The van der Waals surface area contributed by atoms with E-state index in [9.17, 15) is 4.79 Å². The van der Waals surface area contributed by atoms with E-state index >= 15 is 0 Å². The van der Waals surface area contributed by atoms with E-state index in [0.717, 1.165) is 41.9 Å². The van der Waals surface area contributed by atoms with Gasteiger partial charge in [-0.25, -0.2) is 9.67 Å². The molecule has 1 amide bonds. The summed E-state index contributed by atoms with van der Waals surface area (Å²) in [6.45, 7) is 6.39. The number of para-hydroxylation sites is 1. The zero-order valence-electron chi connectivity index (χ0n) is 16.1. The van der Waals surface area contributed by atoms with Gasteiger partial charge in [0.1, 0.15) is 10.7 Å². The van der Waals surface area contributed by atoms with E-state index in [1.54, 1.807) is 6.20 Å². The van der Waals surface area contributed by atoms with Gasteiger partial charge in [0.15, 0.2) is 0 Å². The van der Waals surface area contributed by atoms with Crippen molar-refractivity contribution in [2.24, 2.45) is 0 Å². The molecular formula is C21H26N4OS. The SMILES string of the molecule is CCCCC(C)(CC)NC(=O)c1csc(-c2cnn(-c3ccccc3)c2)n1. The van der Waals surface area contributed by atoms with Crippen molar-refractivity contribution in [1.29, 1.82) is 0 Å². The molecule has 142 valence electrons. The minimum absolute atomic E-state index is 0.103. The summed E-state index contributed by atoms with van der Waals surface area (Å²) in [5, 5.41) is 10.2. The van der Waals surface area contributed by atoms with Crippen molar-refractivity contribution in [2.45, 2.75) is 52.0 Å². The second-order valence-electron chi connectivity index (χ2n) is 7.02. The molecule has 0 aliphatic rings. The average Bonchev–Trinajstić information content (AvgIpc) is 3.36. The van der Waals surface area contributed by atoms with Gasteiger partial charge in [-0.05, 0) is 31.9 Å². The van der Waals surface area contributed by atoms with E-state index in [1.165, 1.54) is 11.3 Å². The Morgan fingerprint density at radius 2 is 2.04 bits per heavy atom. The van der Waals surface area contributed by atoms with E-state index in [0.29, 0.717) is 5.69 Å². The fourth-order valence-electron chi connectivity index (χ4n) is 2.90. The maximum atomic E-state index is 12.7. The van der Waals surface area contributed by atoms with Crippen molar-refractivity contribution in [2.75, 3.05) is 0 Å². The number of nitrogens with one attached hydrogen (secondary N) is 1. The van der Waals surface area contributed by atoms with Crippen molar-refractivity contribution in [3.63, 3.8) is 0 Å². The van der Waals surface area contributed by atoms with Crippen molar-refractivity contribution >= 4 is 17.2 Å². The lowest BCUT2D eigenvalue weighted by Crippen LogP contribution is -2.45. The van der Waals surface area contributed by atoms with Crippen LogP contribution in [0.4, 0.5) is 0 Å². The molecule has 1 atom stereocenters. The molecule has 0 spiro atoms. The number of rotatable bonds is 8. The number of aromatic nitrogens is 3. The number of thiazole rings is 1. The van der Waals surface area contributed by atoms with Crippen LogP contribution in [-0.2, 0) is 0 Å². The Morgan fingerprint density at radius 1 is 1.26 bits per heavy atom. The number of carbonyl (C=O) groups excluding carboxylic acids is 1. The smallest absolute Gasteiger partial charge is 0.271 e. The van der Waals surface area contributed by atoms with Gasteiger partial charge in [0, 0.05) is 22.7 Å². The molecule has 6 heteroatoms. The molecule has 0 fully saturated rings. The van der Waals surface area contributed by atoms with Gasteiger partial charge < -0.3 is 5.32 Å². The Balaban J connectivity index is 1.73. The number of unbranched alkanes of at least 4 members (excludes halogenated alkanes) is 1. The maximum absolute atomic E-state index is 12.7. The van der Waals surface area contributed by atoms with Gasteiger partial charge in [-0.15, -0.1) is 11.3 Å². The van der Waals surface area contributed by atoms with Gasteiger partial charge in [0.05, 0.1) is 11.9 Å². The predicted octanol–water partition coefficient (Wildman–Crippen LogP) is 5.08. The van der Waals surface area contributed by atoms with Crippen LogP contribution < -0.4 is 5.32 Å². The van der Waals surface area contributed by atoms with Crippen molar-refractivity contribution in [3.05, 3.63) is 53.8 Å². The first kappa shape index (κ1) is 19.3. The summed E-state index contributed by atoms with van der Waals surface area (Å²) in [6.07, 6.45) is 7.83. The highest BCUT2D eigenvalue weighted by Crippen LogP contribution is 2.25. The molecule has 0 radical (unpaired) electrons. The van der Waals surface area contributed by atoms with Crippen LogP contribution in [-0.4, -0.2) is 26.2 Å². The van der Waals surface area contributed by atoms with Crippen molar-refractivity contribution in [3.8, 4) is 16.3 Å². The molecule has 3 aromatic rings. The maximum Gasteiger partial charge on any atom is 0.271 e. The third kappa shape index (κ3) is 4.63. The van der Waals surface area contributed by atoms with E-state index in [-0.39, 0.29) is 11.4 Å². The molecule has 0 bridgehead atoms. The fourth-order valence-corrected chi connectivity index (χ4v) is 3.67. The Kier molecular flexibility index (Phi) is 6.06. The first-order valence-corrected chi connectivity index (χ1v) is 10.3. The van der Waals surface area contributed by atoms with Gasteiger partial charge >= 0.3 is 0 Å². The summed E-state index contributed by atoms with van der Waals surface area (Å²) in [6, 6.07) is 9.93. The number of benzene rings is 1. The molecule has 0 aliphatic carbocycles. The summed E-state index contributed by atoms with van der Waals surface area (Å²) in [7, 11) is 0. The van der Waals surface area contributed by atoms with Gasteiger partial charge in [-0.2, -0.15) is 5.10 Å². The van der Waals surface area contributed by atoms with E-state index in [4.69, 9.17) is 0 Å². The molecule has 0 saturated heterocycles. The highest BCUT2D eigenvalue weighted by atomic mass is 32.1. The number of amides is 1. The summed E-state index contributed by atoms with van der Waals surface area (Å²) in [4.78, 5) is 17.2. The van der Waals surface area contributed by atoms with Crippen LogP contribution in [0.15, 0.2) is 48.1 Å². The van der Waals surface area contributed by atoms with Crippen LogP contribution in [0.3, 0.4) is 0 Å². The largest absolute Gasteiger partial charge is 0.346 e. The topological polar surface area (TPSA) is 59.8 Å². The lowest BCUT2D eigenvalue weighted by molar-refractivity contribution is 0.0893. The number of nitrogens with zero attached hydrogens (tertiary/aromatic N) is 3. The summed E-state index contributed by atoms with van der Waals surface area (Å²) in [5.41, 5.74) is 2.19. The van der Waals surface area contributed by atoms with E-state index in [2.05, 4.69) is 36.2 Å². The van der Waals surface area contributed by atoms with Crippen LogP contribution in [0.25, 0.3) is 16.3 Å². The minimum atomic E-state index is -0.185. The molecule has 1 N–H and O–H groups in total. The molecule has 2 heterocycles. The van der Waals surface area contributed by atoms with E-state index in [1.807, 2.05) is 46.6 Å². The van der Waals surface area contributed by atoms with Crippen molar-refractivity contribution < 1.29 is 4.79 Å². The fraction of sp³-hybridized carbons (Fsp3) is 0.381. The molecule has 1 aromatic carbocycles. The zero-order valence-corrected chi connectivity index (χ0v) is 16.9.